The molecule has 2 aromatic carbocycles. The zero-order chi connectivity index (χ0) is 12.8. The number of hydrogen-bond donors (Lipinski definition) is 2. The topological polar surface area (TPSA) is 38.0 Å². The highest BCUT2D eigenvalue weighted by molar-refractivity contribution is 9.10. The first-order valence-electron chi connectivity index (χ1n) is 6.04. The molecular weight excluding hydrogens is 288 g/mol. The van der Waals surface area contributed by atoms with E-state index >= 15 is 0 Å². The Morgan fingerprint density at radius 1 is 1.00 bits per heavy atom. The first-order chi connectivity index (χ1) is 8.78. The molecule has 2 aromatic rings. The van der Waals surface area contributed by atoms with Gasteiger partial charge >= 0.3 is 0 Å². The Morgan fingerprint density at radius 3 is 2.28 bits per heavy atom. The van der Waals surface area contributed by atoms with Crippen LogP contribution >= 0.6 is 15.9 Å². The molecular formula is C15H17BrN2. The predicted octanol–water partition coefficient (Wildman–Crippen LogP) is 3.43. The second-order valence-electron chi connectivity index (χ2n) is 4.27. The van der Waals surface area contributed by atoms with E-state index in [1.807, 2.05) is 18.2 Å². The average Bonchev–Trinajstić information content (AvgIpc) is 2.41. The predicted molar refractivity (Wildman–Crippen MR) is 80.8 cm³/mol. The molecule has 0 aromatic heterocycles. The van der Waals surface area contributed by atoms with Gasteiger partial charge in [0.1, 0.15) is 0 Å². The number of anilines is 1. The molecule has 1 atom stereocenters. The molecule has 0 amide bonds. The van der Waals surface area contributed by atoms with Crippen molar-refractivity contribution in [2.24, 2.45) is 5.73 Å². The van der Waals surface area contributed by atoms with Gasteiger partial charge in [0.15, 0.2) is 0 Å². The number of halogens is 1. The van der Waals surface area contributed by atoms with E-state index in [-0.39, 0.29) is 6.04 Å². The summed E-state index contributed by atoms with van der Waals surface area (Å²) >= 11 is 3.43. The second-order valence-corrected chi connectivity index (χ2v) is 5.19. The quantitative estimate of drug-likeness (QED) is 0.888. The van der Waals surface area contributed by atoms with Crippen LogP contribution in [0.1, 0.15) is 5.56 Å². The van der Waals surface area contributed by atoms with Crippen LogP contribution in [0.2, 0.25) is 0 Å². The summed E-state index contributed by atoms with van der Waals surface area (Å²) in [6.45, 7) is 0.616. The minimum Gasteiger partial charge on any atom is -0.381 e. The average molecular weight is 305 g/mol. The zero-order valence-corrected chi connectivity index (χ0v) is 11.7. The van der Waals surface area contributed by atoms with Gasteiger partial charge < -0.3 is 11.1 Å². The van der Waals surface area contributed by atoms with Crippen molar-refractivity contribution in [3.05, 3.63) is 64.6 Å². The van der Waals surface area contributed by atoms with E-state index in [9.17, 15) is 0 Å². The molecule has 0 bridgehead atoms. The molecule has 0 aliphatic heterocycles. The van der Waals surface area contributed by atoms with Crippen molar-refractivity contribution in [2.75, 3.05) is 11.9 Å². The molecule has 1 unspecified atom stereocenters. The van der Waals surface area contributed by atoms with E-state index in [0.717, 1.165) is 16.6 Å². The Morgan fingerprint density at radius 2 is 1.67 bits per heavy atom. The maximum absolute atomic E-state index is 5.83. The van der Waals surface area contributed by atoms with Crippen LogP contribution in [-0.4, -0.2) is 12.6 Å². The Bertz CT molecular complexity index is 468. The number of hydrogen-bond acceptors (Lipinski definition) is 2. The van der Waals surface area contributed by atoms with Gasteiger partial charge in [0, 0.05) is 22.7 Å². The van der Waals surface area contributed by atoms with Gasteiger partial charge in [-0.25, -0.2) is 0 Å². The smallest absolute Gasteiger partial charge is 0.0424 e. The van der Waals surface area contributed by atoms with Crippen molar-refractivity contribution < 1.29 is 0 Å². The fraction of sp³-hybridized carbons (Fsp3) is 0.200. The normalized spacial score (nSPS) is 12.1. The molecule has 18 heavy (non-hydrogen) atoms. The molecule has 0 saturated carbocycles. The summed E-state index contributed by atoms with van der Waals surface area (Å²) in [6.07, 6.45) is 0.938. The first-order valence-corrected chi connectivity index (χ1v) is 6.83. The molecule has 0 spiro atoms. The van der Waals surface area contributed by atoms with Crippen LogP contribution < -0.4 is 11.1 Å². The van der Waals surface area contributed by atoms with Crippen LogP contribution in [0.5, 0.6) is 0 Å². The first kappa shape index (κ1) is 13.1. The minimum atomic E-state index is 0.258. The molecule has 2 rings (SSSR count). The van der Waals surface area contributed by atoms with Crippen LogP contribution in [0.15, 0.2) is 59.1 Å². The Labute approximate surface area is 116 Å². The standard InChI is InChI=1S/C15H17BrN2/c16-13-6-8-14(9-7-13)18-15(11-17)10-12-4-2-1-3-5-12/h1-9,15,18H,10-11,17H2. The van der Waals surface area contributed by atoms with Crippen LogP contribution in [0, 0.1) is 0 Å². The highest BCUT2D eigenvalue weighted by atomic mass is 79.9. The number of nitrogens with two attached hydrogens (primary N) is 1. The van der Waals surface area contributed by atoms with Crippen LogP contribution in [-0.2, 0) is 6.42 Å². The molecule has 3 N–H and O–H groups in total. The monoisotopic (exact) mass is 304 g/mol. The van der Waals surface area contributed by atoms with Gasteiger partial charge in [0.2, 0.25) is 0 Å². The second kappa shape index (κ2) is 6.57. The van der Waals surface area contributed by atoms with E-state index in [1.165, 1.54) is 5.56 Å². The summed E-state index contributed by atoms with van der Waals surface area (Å²) in [4.78, 5) is 0. The molecule has 0 aliphatic carbocycles. The lowest BCUT2D eigenvalue weighted by Crippen LogP contribution is -2.30. The molecule has 0 heterocycles. The van der Waals surface area contributed by atoms with E-state index < -0.39 is 0 Å². The number of rotatable bonds is 5. The lowest BCUT2D eigenvalue weighted by atomic mass is 10.1. The van der Waals surface area contributed by atoms with Gasteiger partial charge in [-0.15, -0.1) is 0 Å². The third kappa shape index (κ3) is 3.86. The Kier molecular flexibility index (Phi) is 4.79. The highest BCUT2D eigenvalue weighted by Gasteiger charge is 2.07. The fourth-order valence-electron chi connectivity index (χ4n) is 1.87. The summed E-state index contributed by atoms with van der Waals surface area (Å²) in [5.41, 5.74) is 8.23. The molecule has 0 saturated heterocycles. The van der Waals surface area contributed by atoms with Crippen LogP contribution in [0.4, 0.5) is 5.69 Å². The van der Waals surface area contributed by atoms with E-state index in [2.05, 4.69) is 57.6 Å². The maximum atomic E-state index is 5.83. The van der Waals surface area contributed by atoms with Crippen molar-refractivity contribution in [1.82, 2.24) is 0 Å². The summed E-state index contributed by atoms with van der Waals surface area (Å²) in [6, 6.07) is 18.8. The summed E-state index contributed by atoms with van der Waals surface area (Å²) < 4.78 is 1.08. The SMILES string of the molecule is NCC(Cc1ccccc1)Nc1ccc(Br)cc1. The highest BCUT2D eigenvalue weighted by Crippen LogP contribution is 2.15. The molecule has 94 valence electrons. The Hall–Kier alpha value is -1.32. The largest absolute Gasteiger partial charge is 0.381 e. The van der Waals surface area contributed by atoms with Crippen LogP contribution in [0.3, 0.4) is 0 Å². The van der Waals surface area contributed by atoms with Gasteiger partial charge in [0.25, 0.3) is 0 Å². The van der Waals surface area contributed by atoms with Crippen molar-refractivity contribution in [3.8, 4) is 0 Å². The van der Waals surface area contributed by atoms with Crippen molar-refractivity contribution in [2.45, 2.75) is 12.5 Å². The Balaban J connectivity index is 1.99. The van der Waals surface area contributed by atoms with Crippen molar-refractivity contribution >= 4 is 21.6 Å². The molecule has 0 aliphatic rings. The van der Waals surface area contributed by atoms with Crippen LogP contribution in [0.25, 0.3) is 0 Å². The summed E-state index contributed by atoms with van der Waals surface area (Å²) in [5, 5.41) is 3.46. The summed E-state index contributed by atoms with van der Waals surface area (Å²) in [5.74, 6) is 0. The lowest BCUT2D eigenvalue weighted by molar-refractivity contribution is 0.724. The molecule has 2 nitrogen and oxygen atoms in total. The summed E-state index contributed by atoms with van der Waals surface area (Å²) in [7, 11) is 0. The maximum Gasteiger partial charge on any atom is 0.0424 e. The third-order valence-corrected chi connectivity index (χ3v) is 3.35. The van der Waals surface area contributed by atoms with Gasteiger partial charge in [-0.3, -0.25) is 0 Å². The van der Waals surface area contributed by atoms with Gasteiger partial charge in [-0.1, -0.05) is 46.3 Å². The van der Waals surface area contributed by atoms with Gasteiger partial charge in [-0.05, 0) is 36.2 Å². The minimum absolute atomic E-state index is 0.258. The lowest BCUT2D eigenvalue weighted by Gasteiger charge is -2.18. The van der Waals surface area contributed by atoms with E-state index in [4.69, 9.17) is 5.73 Å². The molecule has 0 fully saturated rings. The third-order valence-electron chi connectivity index (χ3n) is 2.82. The van der Waals surface area contributed by atoms with E-state index in [0.29, 0.717) is 6.54 Å². The van der Waals surface area contributed by atoms with E-state index in [1.54, 1.807) is 0 Å². The molecule has 0 radical (unpaired) electrons. The van der Waals surface area contributed by atoms with Gasteiger partial charge in [0.05, 0.1) is 0 Å². The van der Waals surface area contributed by atoms with Crippen molar-refractivity contribution in [1.29, 1.82) is 0 Å². The number of benzene rings is 2. The zero-order valence-electron chi connectivity index (χ0n) is 10.1. The van der Waals surface area contributed by atoms with Gasteiger partial charge in [-0.2, -0.15) is 0 Å². The fourth-order valence-corrected chi connectivity index (χ4v) is 2.14. The number of nitrogens with one attached hydrogen (secondary N) is 1. The van der Waals surface area contributed by atoms with Crippen molar-refractivity contribution in [3.63, 3.8) is 0 Å². The molecule has 3 heteroatoms.